The van der Waals surface area contributed by atoms with Crippen molar-refractivity contribution in [2.45, 2.75) is 38.1 Å². The van der Waals surface area contributed by atoms with Gasteiger partial charge in [0.25, 0.3) is 0 Å². The number of alkyl halides is 1. The largest absolute Gasteiger partial charge is 0.281 e. The summed E-state index contributed by atoms with van der Waals surface area (Å²) in [5.41, 5.74) is 1.06. The monoisotopic (exact) mass is 309 g/mol. The maximum atomic E-state index is 12.0. The number of aryl methyl sites for hydroxylation is 2. The van der Waals surface area contributed by atoms with E-state index in [1.807, 2.05) is 6.92 Å². The lowest BCUT2D eigenvalue weighted by atomic mass is 10.3. The number of H-pyrrole nitrogens is 1. The Morgan fingerprint density at radius 2 is 2.12 bits per heavy atom. The summed E-state index contributed by atoms with van der Waals surface area (Å²) in [5.74, 6) is 0. The summed E-state index contributed by atoms with van der Waals surface area (Å²) in [4.78, 5) is 0.258. The summed E-state index contributed by atoms with van der Waals surface area (Å²) in [5, 5.41) is 7.32. The molecule has 5 nitrogen and oxygen atoms in total. The molecule has 0 aliphatic carbocycles. The van der Waals surface area contributed by atoms with Crippen LogP contribution in [0.1, 0.15) is 24.7 Å². The van der Waals surface area contributed by atoms with Crippen molar-refractivity contribution in [3.63, 3.8) is 0 Å². The Labute approximate surface area is 104 Å². The smallest absolute Gasteiger partial charge is 0.244 e. The van der Waals surface area contributed by atoms with E-state index in [-0.39, 0.29) is 10.9 Å². The van der Waals surface area contributed by atoms with Gasteiger partial charge in [0.05, 0.1) is 11.4 Å². The van der Waals surface area contributed by atoms with Gasteiger partial charge in [0.1, 0.15) is 4.90 Å². The average molecular weight is 310 g/mol. The highest BCUT2D eigenvalue weighted by atomic mass is 79.9. The number of nitrogens with one attached hydrogen (secondary N) is 2. The van der Waals surface area contributed by atoms with Crippen LogP contribution in [-0.2, 0) is 10.0 Å². The molecular formula is C9H16BrN3O2S. The molecule has 0 aliphatic rings. The predicted molar refractivity (Wildman–Crippen MR) is 66.3 cm³/mol. The number of aromatic nitrogens is 2. The fraction of sp³-hybridized carbons (Fsp3) is 0.667. The van der Waals surface area contributed by atoms with Gasteiger partial charge in [-0.2, -0.15) is 5.10 Å². The van der Waals surface area contributed by atoms with Gasteiger partial charge < -0.3 is 0 Å². The Kier molecular flexibility index (Phi) is 4.52. The van der Waals surface area contributed by atoms with Crippen LogP contribution < -0.4 is 4.72 Å². The summed E-state index contributed by atoms with van der Waals surface area (Å²) < 4.78 is 26.7. The molecule has 16 heavy (non-hydrogen) atoms. The summed E-state index contributed by atoms with van der Waals surface area (Å²) in [6, 6.07) is -0.0990. The van der Waals surface area contributed by atoms with E-state index < -0.39 is 10.0 Å². The zero-order valence-corrected chi connectivity index (χ0v) is 11.9. The number of halogens is 1. The molecule has 92 valence electrons. The second-order valence-electron chi connectivity index (χ2n) is 3.76. The minimum absolute atomic E-state index is 0.0990. The number of hydrogen-bond acceptors (Lipinski definition) is 3. The first-order valence-corrected chi connectivity index (χ1v) is 7.58. The molecule has 0 aromatic carbocycles. The lowest BCUT2D eigenvalue weighted by molar-refractivity contribution is 0.556. The molecule has 0 aliphatic heterocycles. The Bertz CT molecular complexity index is 436. The summed E-state index contributed by atoms with van der Waals surface area (Å²) in [6.07, 6.45) is 0.745. The van der Waals surface area contributed by atoms with Crippen molar-refractivity contribution in [1.29, 1.82) is 0 Å². The molecule has 1 unspecified atom stereocenters. The highest BCUT2D eigenvalue weighted by molar-refractivity contribution is 9.09. The molecule has 0 spiro atoms. The van der Waals surface area contributed by atoms with E-state index in [9.17, 15) is 8.42 Å². The van der Waals surface area contributed by atoms with Crippen molar-refractivity contribution in [1.82, 2.24) is 14.9 Å². The minimum atomic E-state index is -3.46. The maximum absolute atomic E-state index is 12.0. The summed E-state index contributed by atoms with van der Waals surface area (Å²) in [7, 11) is -3.46. The van der Waals surface area contributed by atoms with Crippen LogP contribution in [0.4, 0.5) is 0 Å². The lowest BCUT2D eigenvalue weighted by Crippen LogP contribution is -2.33. The highest BCUT2D eigenvalue weighted by Crippen LogP contribution is 2.17. The molecule has 1 aromatic rings. The third-order valence-corrected chi connectivity index (χ3v) is 4.54. The molecule has 1 heterocycles. The molecule has 1 aromatic heterocycles. The summed E-state index contributed by atoms with van der Waals surface area (Å²) >= 11 is 3.28. The second-order valence-corrected chi connectivity index (χ2v) is 6.21. The van der Waals surface area contributed by atoms with Crippen LogP contribution in [0.15, 0.2) is 4.90 Å². The number of rotatable bonds is 5. The van der Waals surface area contributed by atoms with E-state index >= 15 is 0 Å². The number of aromatic amines is 1. The second kappa shape index (κ2) is 5.29. The third-order valence-electron chi connectivity index (χ3n) is 2.23. The first-order valence-electron chi connectivity index (χ1n) is 4.98. The maximum Gasteiger partial charge on any atom is 0.244 e. The van der Waals surface area contributed by atoms with Crippen LogP contribution in [0.3, 0.4) is 0 Å². The Morgan fingerprint density at radius 3 is 2.56 bits per heavy atom. The van der Waals surface area contributed by atoms with E-state index in [4.69, 9.17) is 0 Å². The number of hydrogen-bond donors (Lipinski definition) is 2. The lowest BCUT2D eigenvalue weighted by Gasteiger charge is -2.12. The van der Waals surface area contributed by atoms with Gasteiger partial charge in [-0.05, 0) is 27.2 Å². The minimum Gasteiger partial charge on any atom is -0.281 e. The first-order chi connectivity index (χ1) is 7.38. The number of sulfonamides is 1. The Morgan fingerprint density at radius 1 is 1.50 bits per heavy atom. The van der Waals surface area contributed by atoms with Crippen molar-refractivity contribution < 1.29 is 8.42 Å². The van der Waals surface area contributed by atoms with Gasteiger partial charge in [-0.15, -0.1) is 0 Å². The normalized spacial score (nSPS) is 14.0. The van der Waals surface area contributed by atoms with Gasteiger partial charge in [0, 0.05) is 11.4 Å². The molecule has 0 saturated carbocycles. The average Bonchev–Trinajstić information content (AvgIpc) is 2.45. The topological polar surface area (TPSA) is 74.8 Å². The first kappa shape index (κ1) is 13.7. The Hall–Kier alpha value is -0.400. The van der Waals surface area contributed by atoms with Gasteiger partial charge in [-0.3, -0.25) is 5.10 Å². The van der Waals surface area contributed by atoms with E-state index in [2.05, 4.69) is 30.8 Å². The van der Waals surface area contributed by atoms with Crippen LogP contribution in [0.25, 0.3) is 0 Å². The van der Waals surface area contributed by atoms with Gasteiger partial charge in [-0.1, -0.05) is 15.9 Å². The van der Waals surface area contributed by atoms with Gasteiger partial charge in [0.2, 0.25) is 10.0 Å². The molecule has 1 rings (SSSR count). The van der Waals surface area contributed by atoms with Crippen LogP contribution in [-0.4, -0.2) is 30.0 Å². The molecule has 2 N–H and O–H groups in total. The molecular weight excluding hydrogens is 294 g/mol. The standard InChI is InChI=1S/C9H16BrN3O2S/c1-6(4-5-10)13-16(14,15)9-7(2)11-12-8(9)3/h6,13H,4-5H2,1-3H3,(H,11,12). The third kappa shape index (κ3) is 3.05. The zero-order chi connectivity index (χ0) is 12.3. The van der Waals surface area contributed by atoms with Crippen molar-refractivity contribution in [2.24, 2.45) is 0 Å². The molecule has 0 amide bonds. The van der Waals surface area contributed by atoms with Crippen molar-refractivity contribution in [2.75, 3.05) is 5.33 Å². The van der Waals surface area contributed by atoms with E-state index in [0.29, 0.717) is 11.4 Å². The quantitative estimate of drug-likeness (QED) is 0.809. The molecule has 1 atom stereocenters. The van der Waals surface area contributed by atoms with Crippen LogP contribution in [0.2, 0.25) is 0 Å². The molecule has 7 heteroatoms. The molecule has 0 saturated heterocycles. The van der Waals surface area contributed by atoms with Gasteiger partial charge in [0.15, 0.2) is 0 Å². The van der Waals surface area contributed by atoms with Crippen LogP contribution in [0, 0.1) is 13.8 Å². The molecule has 0 radical (unpaired) electrons. The predicted octanol–water partition coefficient (Wildman–Crippen LogP) is 1.48. The molecule has 0 fully saturated rings. The zero-order valence-electron chi connectivity index (χ0n) is 9.54. The van der Waals surface area contributed by atoms with Gasteiger partial charge in [-0.25, -0.2) is 13.1 Å². The van der Waals surface area contributed by atoms with Crippen molar-refractivity contribution in [3.05, 3.63) is 11.4 Å². The van der Waals surface area contributed by atoms with Crippen LogP contribution >= 0.6 is 15.9 Å². The summed E-state index contributed by atoms with van der Waals surface area (Å²) in [6.45, 7) is 5.21. The fourth-order valence-corrected chi connectivity index (χ4v) is 3.82. The Balaban J connectivity index is 2.95. The van der Waals surface area contributed by atoms with Crippen molar-refractivity contribution in [3.8, 4) is 0 Å². The van der Waals surface area contributed by atoms with Crippen LogP contribution in [0.5, 0.6) is 0 Å². The highest BCUT2D eigenvalue weighted by Gasteiger charge is 2.23. The van der Waals surface area contributed by atoms with E-state index in [1.165, 1.54) is 0 Å². The number of nitrogens with zero attached hydrogens (tertiary/aromatic N) is 1. The van der Waals surface area contributed by atoms with Crippen molar-refractivity contribution >= 4 is 26.0 Å². The van der Waals surface area contributed by atoms with E-state index in [1.54, 1.807) is 13.8 Å². The molecule has 0 bridgehead atoms. The fourth-order valence-electron chi connectivity index (χ4n) is 1.48. The van der Waals surface area contributed by atoms with Gasteiger partial charge >= 0.3 is 0 Å². The van der Waals surface area contributed by atoms with E-state index in [0.717, 1.165) is 11.8 Å². The SMILES string of the molecule is Cc1n[nH]c(C)c1S(=O)(=O)NC(C)CCBr.